The van der Waals surface area contributed by atoms with Gasteiger partial charge in [0.15, 0.2) is 0 Å². The molecule has 0 amide bonds. The van der Waals surface area contributed by atoms with Crippen LogP contribution in [0.5, 0.6) is 5.75 Å². The van der Waals surface area contributed by atoms with Crippen LogP contribution in [0.2, 0.25) is 0 Å². The predicted octanol–water partition coefficient (Wildman–Crippen LogP) is 4.18. The number of hydrogen-bond donors (Lipinski definition) is 1. The van der Waals surface area contributed by atoms with E-state index in [4.69, 9.17) is 4.74 Å². The molecule has 2 aromatic rings. The lowest BCUT2D eigenvalue weighted by Crippen LogP contribution is -2.22. The average Bonchev–Trinajstić information content (AvgIpc) is 2.44. The van der Waals surface area contributed by atoms with Gasteiger partial charge in [0.05, 0.1) is 13.2 Å². The molecular weight excluding hydrogens is 347 g/mol. The van der Waals surface area contributed by atoms with Gasteiger partial charge in [0.1, 0.15) is 23.2 Å². The highest BCUT2D eigenvalue weighted by Gasteiger charge is 2.26. The summed E-state index contributed by atoms with van der Waals surface area (Å²) in [4.78, 5) is 0. The summed E-state index contributed by atoms with van der Waals surface area (Å²) in [5.74, 6) is -2.10. The molecule has 0 aliphatic carbocycles. The van der Waals surface area contributed by atoms with Gasteiger partial charge in [-0.15, -0.1) is 0 Å². The second kappa shape index (κ2) is 6.49. The highest BCUT2D eigenvalue weighted by molar-refractivity contribution is 9.10. The van der Waals surface area contributed by atoms with Crippen LogP contribution in [0.1, 0.15) is 17.2 Å². The zero-order chi connectivity index (χ0) is 15.6. The molecule has 0 saturated carbocycles. The van der Waals surface area contributed by atoms with Crippen LogP contribution in [-0.4, -0.2) is 14.2 Å². The lowest BCUT2D eigenvalue weighted by atomic mass is 9.97. The average molecular weight is 360 g/mol. The molecule has 0 radical (unpaired) electrons. The molecule has 21 heavy (non-hydrogen) atoms. The van der Waals surface area contributed by atoms with Gasteiger partial charge in [-0.25, -0.2) is 13.2 Å². The summed E-state index contributed by atoms with van der Waals surface area (Å²) in [6.45, 7) is 0. The Balaban J connectivity index is 2.62. The van der Waals surface area contributed by atoms with Crippen molar-refractivity contribution in [2.45, 2.75) is 6.04 Å². The molecule has 0 spiro atoms. The Kier molecular flexibility index (Phi) is 4.90. The van der Waals surface area contributed by atoms with E-state index in [1.807, 2.05) is 0 Å². The van der Waals surface area contributed by atoms with E-state index in [1.165, 1.54) is 26.3 Å². The first-order valence-electron chi connectivity index (χ1n) is 6.13. The van der Waals surface area contributed by atoms with Gasteiger partial charge in [0.25, 0.3) is 0 Å². The van der Waals surface area contributed by atoms with Crippen LogP contribution >= 0.6 is 15.9 Å². The van der Waals surface area contributed by atoms with Crippen molar-refractivity contribution in [2.75, 3.05) is 14.2 Å². The van der Waals surface area contributed by atoms with Crippen molar-refractivity contribution in [3.05, 3.63) is 63.4 Å². The maximum absolute atomic E-state index is 14.2. The number of ether oxygens (including phenoxy) is 1. The molecule has 2 nitrogen and oxygen atoms in total. The summed E-state index contributed by atoms with van der Waals surface area (Å²) in [5, 5.41) is 2.74. The summed E-state index contributed by atoms with van der Waals surface area (Å²) >= 11 is 3.21. The molecule has 1 unspecified atom stereocenters. The Morgan fingerprint density at radius 3 is 2.14 bits per heavy atom. The van der Waals surface area contributed by atoms with Gasteiger partial charge in [0, 0.05) is 27.7 Å². The van der Waals surface area contributed by atoms with Gasteiger partial charge in [-0.1, -0.05) is 22.0 Å². The molecule has 112 valence electrons. The van der Waals surface area contributed by atoms with Gasteiger partial charge >= 0.3 is 0 Å². The second-order valence-electron chi connectivity index (χ2n) is 4.36. The van der Waals surface area contributed by atoms with Crippen molar-refractivity contribution < 1.29 is 17.9 Å². The van der Waals surface area contributed by atoms with Crippen molar-refractivity contribution in [3.63, 3.8) is 0 Å². The molecule has 0 bridgehead atoms. The minimum Gasteiger partial charge on any atom is -0.497 e. The Labute approximate surface area is 129 Å². The van der Waals surface area contributed by atoms with E-state index in [1.54, 1.807) is 6.07 Å². The molecule has 6 heteroatoms. The second-order valence-corrected chi connectivity index (χ2v) is 5.22. The van der Waals surface area contributed by atoms with E-state index in [-0.39, 0.29) is 16.9 Å². The normalized spacial score (nSPS) is 12.3. The van der Waals surface area contributed by atoms with Gasteiger partial charge in [-0.2, -0.15) is 0 Å². The van der Waals surface area contributed by atoms with Gasteiger partial charge in [-0.3, -0.25) is 0 Å². The Morgan fingerprint density at radius 2 is 1.67 bits per heavy atom. The lowest BCUT2D eigenvalue weighted by molar-refractivity contribution is 0.403. The number of nitrogens with one attached hydrogen (secondary N) is 1. The highest BCUT2D eigenvalue weighted by Crippen LogP contribution is 2.34. The van der Waals surface area contributed by atoms with Crippen LogP contribution in [0.4, 0.5) is 13.2 Å². The van der Waals surface area contributed by atoms with Crippen LogP contribution in [0.15, 0.2) is 34.8 Å². The first kappa shape index (κ1) is 15.9. The van der Waals surface area contributed by atoms with Crippen LogP contribution in [0.3, 0.4) is 0 Å². The standard InChI is InChI=1S/C15H13BrF3NO/c1-20-15(13-9(16)4-3-5-10(13)17)14-11(18)6-8(21-2)7-12(14)19/h3-7,15,20H,1-2H3. The highest BCUT2D eigenvalue weighted by atomic mass is 79.9. The largest absolute Gasteiger partial charge is 0.497 e. The molecule has 0 heterocycles. The number of methoxy groups -OCH3 is 1. The van der Waals surface area contributed by atoms with Crippen molar-refractivity contribution in [2.24, 2.45) is 0 Å². The Morgan fingerprint density at radius 1 is 1.05 bits per heavy atom. The zero-order valence-corrected chi connectivity index (χ0v) is 13.0. The number of halogens is 4. The zero-order valence-electron chi connectivity index (χ0n) is 11.4. The summed E-state index contributed by atoms with van der Waals surface area (Å²) in [6, 6.07) is 5.53. The molecule has 1 N–H and O–H groups in total. The third-order valence-electron chi connectivity index (χ3n) is 3.15. The fraction of sp³-hybridized carbons (Fsp3) is 0.200. The summed E-state index contributed by atoms with van der Waals surface area (Å²) in [7, 11) is 2.82. The first-order valence-corrected chi connectivity index (χ1v) is 6.93. The summed E-state index contributed by atoms with van der Waals surface area (Å²) in [6.07, 6.45) is 0. The predicted molar refractivity (Wildman–Crippen MR) is 77.9 cm³/mol. The van der Waals surface area contributed by atoms with Gasteiger partial charge < -0.3 is 10.1 Å². The van der Waals surface area contributed by atoms with E-state index in [0.29, 0.717) is 4.47 Å². The van der Waals surface area contributed by atoms with Crippen LogP contribution in [0, 0.1) is 17.5 Å². The molecular formula is C15H13BrF3NO. The smallest absolute Gasteiger partial charge is 0.134 e. The molecule has 0 saturated heterocycles. The number of hydrogen-bond acceptors (Lipinski definition) is 2. The maximum Gasteiger partial charge on any atom is 0.134 e. The van der Waals surface area contributed by atoms with Crippen LogP contribution in [-0.2, 0) is 0 Å². The molecule has 2 rings (SSSR count). The third-order valence-corrected chi connectivity index (χ3v) is 3.85. The topological polar surface area (TPSA) is 21.3 Å². The molecule has 0 aliphatic heterocycles. The third kappa shape index (κ3) is 3.06. The van der Waals surface area contributed by atoms with E-state index in [9.17, 15) is 13.2 Å². The minimum absolute atomic E-state index is 0.0659. The fourth-order valence-corrected chi connectivity index (χ4v) is 2.75. The van der Waals surface area contributed by atoms with E-state index in [0.717, 1.165) is 12.1 Å². The van der Waals surface area contributed by atoms with Crippen molar-refractivity contribution in [1.29, 1.82) is 0 Å². The summed E-state index contributed by atoms with van der Waals surface area (Å²) in [5.41, 5.74) is -0.118. The quantitative estimate of drug-likeness (QED) is 0.883. The summed E-state index contributed by atoms with van der Waals surface area (Å²) < 4.78 is 47.7. The van der Waals surface area contributed by atoms with E-state index in [2.05, 4.69) is 21.2 Å². The van der Waals surface area contributed by atoms with Crippen molar-refractivity contribution in [1.82, 2.24) is 5.32 Å². The SMILES string of the molecule is CNC(c1c(F)cc(OC)cc1F)c1c(F)cccc1Br. The Hall–Kier alpha value is -1.53. The maximum atomic E-state index is 14.2. The van der Waals surface area contributed by atoms with Crippen LogP contribution < -0.4 is 10.1 Å². The number of benzene rings is 2. The molecule has 0 fully saturated rings. The van der Waals surface area contributed by atoms with Crippen molar-refractivity contribution in [3.8, 4) is 5.75 Å². The Bertz CT molecular complexity index is 620. The van der Waals surface area contributed by atoms with Crippen LogP contribution in [0.25, 0.3) is 0 Å². The van der Waals surface area contributed by atoms with Gasteiger partial charge in [0.2, 0.25) is 0 Å². The lowest BCUT2D eigenvalue weighted by Gasteiger charge is -2.21. The van der Waals surface area contributed by atoms with E-state index >= 15 is 0 Å². The van der Waals surface area contributed by atoms with Gasteiger partial charge in [-0.05, 0) is 19.2 Å². The van der Waals surface area contributed by atoms with Crippen molar-refractivity contribution >= 4 is 15.9 Å². The molecule has 0 aliphatic rings. The minimum atomic E-state index is -0.966. The van der Waals surface area contributed by atoms with E-state index < -0.39 is 23.5 Å². The molecule has 2 aromatic carbocycles. The first-order chi connectivity index (χ1) is 9.99. The fourth-order valence-electron chi connectivity index (χ4n) is 2.17. The molecule has 0 aromatic heterocycles. The monoisotopic (exact) mass is 359 g/mol. The molecule has 1 atom stereocenters. The number of rotatable bonds is 4.